The molecule has 50 heavy (non-hydrogen) atoms. The van der Waals surface area contributed by atoms with Crippen LogP contribution >= 0.6 is 34.8 Å². The first-order chi connectivity index (χ1) is 23.8. The Morgan fingerprint density at radius 1 is 0.880 bits per heavy atom. The fourth-order valence-electron chi connectivity index (χ4n) is 7.84. The summed E-state index contributed by atoms with van der Waals surface area (Å²) in [6.45, 7) is 1.81. The molecule has 9 nitrogen and oxygen atoms in total. The quantitative estimate of drug-likeness (QED) is 0.168. The van der Waals surface area contributed by atoms with E-state index >= 15 is 0 Å². The molecule has 2 aliphatic carbocycles. The zero-order chi connectivity index (χ0) is 35.9. The average molecular weight is 740 g/mol. The Hall–Kier alpha value is -4.38. The first-order valence-electron chi connectivity index (χ1n) is 15.8. The number of alkyl halides is 2. The van der Waals surface area contributed by atoms with Crippen LogP contribution in [-0.2, 0) is 19.2 Å². The van der Waals surface area contributed by atoms with Gasteiger partial charge in [-0.3, -0.25) is 19.2 Å². The molecular formula is C37H30Cl3FN2O7. The van der Waals surface area contributed by atoms with Crippen molar-refractivity contribution in [2.75, 3.05) is 24.0 Å². The van der Waals surface area contributed by atoms with Crippen LogP contribution in [0, 0.1) is 36.4 Å². The lowest BCUT2D eigenvalue weighted by atomic mass is 9.57. The third-order valence-electron chi connectivity index (χ3n) is 10.3. The molecule has 3 aromatic rings. The predicted octanol–water partition coefficient (Wildman–Crippen LogP) is 6.82. The van der Waals surface area contributed by atoms with Crippen LogP contribution in [-0.4, -0.2) is 52.7 Å². The number of amides is 4. The molecule has 2 saturated heterocycles. The van der Waals surface area contributed by atoms with Crippen LogP contribution in [0.4, 0.5) is 15.8 Å². The third-order valence-corrected chi connectivity index (χ3v) is 12.2. The Labute approximate surface area is 301 Å². The maximum Gasteiger partial charge on any atom is 0.258 e. The van der Waals surface area contributed by atoms with Gasteiger partial charge in [0.05, 0.1) is 37.4 Å². The number of anilines is 2. The second kappa shape index (κ2) is 12.1. The number of imide groups is 2. The number of phenols is 1. The van der Waals surface area contributed by atoms with E-state index in [1.165, 1.54) is 26.4 Å². The van der Waals surface area contributed by atoms with Gasteiger partial charge in [-0.05, 0) is 85.3 Å². The number of phenolic OH excluding ortho intramolecular Hbond substituents is 1. The van der Waals surface area contributed by atoms with Crippen molar-refractivity contribution in [3.8, 4) is 17.2 Å². The van der Waals surface area contributed by atoms with Gasteiger partial charge in [0.1, 0.15) is 5.82 Å². The summed E-state index contributed by atoms with van der Waals surface area (Å²) in [6, 6.07) is 12.8. The zero-order valence-corrected chi connectivity index (χ0v) is 29.2. The largest absolute Gasteiger partial charge is 0.502 e. The predicted molar refractivity (Wildman–Crippen MR) is 186 cm³/mol. The van der Waals surface area contributed by atoms with Crippen molar-refractivity contribution < 1.29 is 38.1 Å². The molecule has 0 unspecified atom stereocenters. The molecule has 0 radical (unpaired) electrons. The number of fused-ring (bicyclic) bond motifs is 4. The minimum Gasteiger partial charge on any atom is -0.502 e. The lowest BCUT2D eigenvalue weighted by molar-refractivity contribution is -0.125. The second-order valence-corrected chi connectivity index (χ2v) is 14.5. The van der Waals surface area contributed by atoms with E-state index in [0.717, 1.165) is 27.5 Å². The molecule has 3 fully saturated rings. The molecule has 0 bridgehead atoms. The van der Waals surface area contributed by atoms with Crippen LogP contribution in [0.5, 0.6) is 17.2 Å². The standard InChI is InChI=1S/C37H30Cl3FN2O7/c1-18-4-8-22(16-27(18)38)42-32(45)24-12-11-23-25(30(24)33(42)46)17-36(39)34(47)43(21-9-6-20(41)7-10-21)35(48)37(36,40)26(23)13-5-19-14-28(49-2)31(44)29(15-19)50-3/h4-11,13-16,24-26,30,44H,12,17H2,1-3H3/t24-,25+,26-,30-,36+,37-/m0/s1. The van der Waals surface area contributed by atoms with Gasteiger partial charge in [0.2, 0.25) is 17.6 Å². The lowest BCUT2D eigenvalue weighted by Gasteiger charge is -2.49. The number of hydrogen-bond donors (Lipinski definition) is 1. The number of benzene rings is 3. The van der Waals surface area contributed by atoms with E-state index in [-0.39, 0.29) is 35.8 Å². The summed E-state index contributed by atoms with van der Waals surface area (Å²) in [5, 5.41) is 10.9. The fraction of sp³-hybridized carbons (Fsp3) is 0.297. The number of methoxy groups -OCH3 is 2. The summed E-state index contributed by atoms with van der Waals surface area (Å²) in [5.41, 5.74) is 2.26. The van der Waals surface area contributed by atoms with Crippen LogP contribution in [0.1, 0.15) is 24.0 Å². The summed E-state index contributed by atoms with van der Waals surface area (Å²) in [5.74, 6) is -6.53. The Morgan fingerprint density at radius 2 is 1.52 bits per heavy atom. The van der Waals surface area contributed by atoms with Crippen LogP contribution in [0.15, 0.2) is 72.3 Å². The van der Waals surface area contributed by atoms with E-state index in [9.17, 15) is 28.7 Å². The summed E-state index contributed by atoms with van der Waals surface area (Å²) in [6.07, 6.45) is 5.03. The van der Waals surface area contributed by atoms with Gasteiger partial charge in [-0.15, -0.1) is 23.2 Å². The van der Waals surface area contributed by atoms with Gasteiger partial charge in [0.25, 0.3) is 11.8 Å². The van der Waals surface area contributed by atoms with E-state index in [0.29, 0.717) is 21.8 Å². The molecule has 3 aromatic carbocycles. The molecule has 2 heterocycles. The van der Waals surface area contributed by atoms with Gasteiger partial charge in [-0.1, -0.05) is 41.5 Å². The number of rotatable bonds is 6. The SMILES string of the molecule is COc1cc(C=C[C@H]2C3=CC[C@@H]4C(=O)N(c5ccc(C)c(Cl)c5)C(=O)[C@@H]4[C@@H]3C[C@@]3(Cl)C(=O)N(c4ccc(F)cc4)C(=O)[C@@]23Cl)cc(OC)c1O. The highest BCUT2D eigenvalue weighted by molar-refractivity contribution is 6.58. The number of allylic oxidation sites excluding steroid dienone is 3. The number of hydrogen-bond acceptors (Lipinski definition) is 7. The Bertz CT molecular complexity index is 2030. The fourth-order valence-corrected chi connectivity index (χ4v) is 8.90. The Morgan fingerprint density at radius 3 is 2.14 bits per heavy atom. The minimum absolute atomic E-state index is 0.0796. The number of halogens is 4. The summed E-state index contributed by atoms with van der Waals surface area (Å²) >= 11 is 21.1. The highest BCUT2D eigenvalue weighted by Crippen LogP contribution is 2.63. The van der Waals surface area contributed by atoms with Gasteiger partial charge in [-0.2, -0.15) is 0 Å². The molecule has 6 atom stereocenters. The summed E-state index contributed by atoms with van der Waals surface area (Å²) in [4.78, 5) is 54.8. The second-order valence-electron chi connectivity index (χ2n) is 12.9. The average Bonchev–Trinajstić information content (AvgIpc) is 3.44. The van der Waals surface area contributed by atoms with Crippen LogP contribution < -0.4 is 19.3 Å². The van der Waals surface area contributed by atoms with Crippen molar-refractivity contribution in [1.29, 1.82) is 0 Å². The number of carbonyl (C=O) groups is 4. The molecular weight excluding hydrogens is 710 g/mol. The van der Waals surface area contributed by atoms with E-state index in [2.05, 4.69) is 0 Å². The highest BCUT2D eigenvalue weighted by Gasteiger charge is 2.76. The molecule has 1 saturated carbocycles. The van der Waals surface area contributed by atoms with Crippen LogP contribution in [0.3, 0.4) is 0 Å². The number of carbonyl (C=O) groups excluding carboxylic acids is 4. The molecule has 258 valence electrons. The normalized spacial score (nSPS) is 28.9. The maximum absolute atomic E-state index is 14.5. The first-order valence-corrected chi connectivity index (χ1v) is 16.9. The summed E-state index contributed by atoms with van der Waals surface area (Å²) < 4.78 is 24.5. The molecule has 2 aliphatic heterocycles. The van der Waals surface area contributed by atoms with Gasteiger partial charge in [-0.25, -0.2) is 14.2 Å². The molecule has 0 aromatic heterocycles. The lowest BCUT2D eigenvalue weighted by Crippen LogP contribution is -2.60. The molecule has 4 amide bonds. The topological polar surface area (TPSA) is 113 Å². The Kier molecular flexibility index (Phi) is 8.28. The number of ether oxygens (including phenoxy) is 2. The highest BCUT2D eigenvalue weighted by atomic mass is 35.5. The van der Waals surface area contributed by atoms with E-state index in [1.54, 1.807) is 42.5 Å². The van der Waals surface area contributed by atoms with Crippen LogP contribution in [0.25, 0.3) is 6.08 Å². The van der Waals surface area contributed by atoms with Gasteiger partial charge < -0.3 is 14.6 Å². The van der Waals surface area contributed by atoms with Crippen molar-refractivity contribution in [3.05, 3.63) is 94.3 Å². The van der Waals surface area contributed by atoms with Crippen molar-refractivity contribution in [1.82, 2.24) is 0 Å². The number of aryl methyl sites for hydroxylation is 1. The molecule has 1 N–H and O–H groups in total. The van der Waals surface area contributed by atoms with Crippen molar-refractivity contribution >= 4 is 75.9 Å². The smallest absolute Gasteiger partial charge is 0.258 e. The van der Waals surface area contributed by atoms with E-state index in [4.69, 9.17) is 44.3 Å². The summed E-state index contributed by atoms with van der Waals surface area (Å²) in [7, 11) is 2.76. The van der Waals surface area contributed by atoms with Crippen LogP contribution in [0.2, 0.25) is 5.02 Å². The van der Waals surface area contributed by atoms with Gasteiger partial charge >= 0.3 is 0 Å². The van der Waals surface area contributed by atoms with E-state index in [1.807, 2.05) is 13.0 Å². The Balaban J connectivity index is 1.37. The van der Waals surface area contributed by atoms with E-state index < -0.39 is 62.9 Å². The zero-order valence-electron chi connectivity index (χ0n) is 27.0. The van der Waals surface area contributed by atoms with Crippen molar-refractivity contribution in [3.63, 3.8) is 0 Å². The number of nitrogens with zero attached hydrogens (tertiary/aromatic N) is 2. The maximum atomic E-state index is 14.5. The molecule has 4 aliphatic rings. The molecule has 13 heteroatoms. The van der Waals surface area contributed by atoms with Gasteiger partial charge in [0, 0.05) is 10.9 Å². The van der Waals surface area contributed by atoms with Crippen molar-refractivity contribution in [2.24, 2.45) is 23.7 Å². The monoisotopic (exact) mass is 738 g/mol. The minimum atomic E-state index is -2.09. The third kappa shape index (κ3) is 4.79. The molecule has 0 spiro atoms. The van der Waals surface area contributed by atoms with Gasteiger partial charge in [0.15, 0.2) is 21.2 Å². The number of aromatic hydroxyl groups is 1. The van der Waals surface area contributed by atoms with Crippen molar-refractivity contribution in [2.45, 2.75) is 29.5 Å². The molecule has 7 rings (SSSR count). The first kappa shape index (κ1) is 34.1.